The van der Waals surface area contributed by atoms with E-state index in [9.17, 15) is 4.79 Å². The minimum absolute atomic E-state index is 0.0987. The van der Waals surface area contributed by atoms with Crippen LogP contribution in [0.25, 0.3) is 0 Å². The molecule has 1 aliphatic rings. The minimum Gasteiger partial charge on any atom is -0.466 e. The topological polar surface area (TPSA) is 38.8 Å². The Kier molecular flexibility index (Phi) is 6.52. The number of ether oxygens (including phenoxy) is 2. The molecule has 0 bridgehead atoms. The summed E-state index contributed by atoms with van der Waals surface area (Å²) in [6.07, 6.45) is 5.54. The molecule has 1 rings (SSSR count). The fraction of sp³-hybridized carbons (Fsp3) is 0.923. The van der Waals surface area contributed by atoms with Gasteiger partial charge in [-0.15, -0.1) is 0 Å². The standard InChI is InChI=1S/C13H25NO3/c1-4-17-13(15)8-9-14(2)11-6-5-7-12(10-11)16-3/h11-12H,4-10H2,1-3H3. The highest BCUT2D eigenvalue weighted by Gasteiger charge is 2.24. The second-order valence-corrected chi connectivity index (χ2v) is 4.71. The van der Waals surface area contributed by atoms with E-state index in [4.69, 9.17) is 9.47 Å². The highest BCUT2D eigenvalue weighted by molar-refractivity contribution is 5.69. The summed E-state index contributed by atoms with van der Waals surface area (Å²) in [7, 11) is 3.87. The third-order valence-electron chi connectivity index (χ3n) is 3.53. The lowest BCUT2D eigenvalue weighted by Crippen LogP contribution is -2.39. The second-order valence-electron chi connectivity index (χ2n) is 4.71. The third-order valence-corrected chi connectivity index (χ3v) is 3.53. The molecule has 0 saturated heterocycles. The van der Waals surface area contributed by atoms with Crippen LogP contribution in [-0.4, -0.2) is 50.3 Å². The van der Waals surface area contributed by atoms with Crippen molar-refractivity contribution in [2.45, 2.75) is 51.2 Å². The predicted molar refractivity (Wildman–Crippen MR) is 66.9 cm³/mol. The number of hydrogen-bond donors (Lipinski definition) is 0. The van der Waals surface area contributed by atoms with Crippen molar-refractivity contribution in [3.8, 4) is 0 Å². The fourth-order valence-electron chi connectivity index (χ4n) is 2.42. The summed E-state index contributed by atoms with van der Waals surface area (Å²) < 4.78 is 10.3. The largest absolute Gasteiger partial charge is 0.466 e. The molecule has 100 valence electrons. The van der Waals surface area contributed by atoms with E-state index >= 15 is 0 Å². The van der Waals surface area contributed by atoms with Crippen molar-refractivity contribution < 1.29 is 14.3 Å². The molecule has 0 radical (unpaired) electrons. The summed E-state index contributed by atoms with van der Waals surface area (Å²) in [6, 6.07) is 0.545. The van der Waals surface area contributed by atoms with Crippen LogP contribution in [0.15, 0.2) is 0 Å². The molecule has 0 aromatic carbocycles. The Bertz CT molecular complexity index is 233. The highest BCUT2D eigenvalue weighted by Crippen LogP contribution is 2.24. The molecule has 4 nitrogen and oxygen atoms in total. The molecule has 2 unspecified atom stereocenters. The molecule has 0 N–H and O–H groups in total. The molecule has 17 heavy (non-hydrogen) atoms. The first kappa shape index (κ1) is 14.5. The van der Waals surface area contributed by atoms with Crippen LogP contribution in [0.1, 0.15) is 39.0 Å². The number of esters is 1. The first-order valence-electron chi connectivity index (χ1n) is 6.56. The van der Waals surface area contributed by atoms with Gasteiger partial charge in [-0.2, -0.15) is 0 Å². The van der Waals surface area contributed by atoms with Crippen molar-refractivity contribution in [3.63, 3.8) is 0 Å². The average molecular weight is 243 g/mol. The average Bonchev–Trinajstić information content (AvgIpc) is 2.36. The van der Waals surface area contributed by atoms with Crippen LogP contribution in [0.3, 0.4) is 0 Å². The molecule has 2 atom stereocenters. The van der Waals surface area contributed by atoms with Gasteiger partial charge in [-0.25, -0.2) is 0 Å². The van der Waals surface area contributed by atoms with Crippen molar-refractivity contribution in [1.82, 2.24) is 4.90 Å². The zero-order valence-corrected chi connectivity index (χ0v) is 11.3. The molecule has 1 saturated carbocycles. The molecule has 0 aromatic rings. The van der Waals surface area contributed by atoms with Crippen LogP contribution in [0.2, 0.25) is 0 Å². The van der Waals surface area contributed by atoms with E-state index in [1.807, 2.05) is 6.92 Å². The summed E-state index contributed by atoms with van der Waals surface area (Å²) >= 11 is 0. The van der Waals surface area contributed by atoms with Gasteiger partial charge in [0.05, 0.1) is 19.1 Å². The number of rotatable bonds is 6. The second kappa shape index (κ2) is 7.67. The first-order chi connectivity index (χ1) is 8.17. The normalized spacial score (nSPS) is 24.9. The Morgan fingerprint density at radius 2 is 2.18 bits per heavy atom. The Morgan fingerprint density at radius 3 is 2.82 bits per heavy atom. The van der Waals surface area contributed by atoms with Gasteiger partial charge in [0.25, 0.3) is 0 Å². The van der Waals surface area contributed by atoms with Crippen LogP contribution in [0.5, 0.6) is 0 Å². The van der Waals surface area contributed by atoms with Gasteiger partial charge in [0.15, 0.2) is 0 Å². The zero-order chi connectivity index (χ0) is 12.7. The van der Waals surface area contributed by atoms with Gasteiger partial charge in [0.1, 0.15) is 0 Å². The van der Waals surface area contributed by atoms with Crippen molar-refractivity contribution in [2.75, 3.05) is 27.3 Å². The molecule has 1 aliphatic carbocycles. The Labute approximate surface area is 104 Å². The smallest absolute Gasteiger partial charge is 0.307 e. The van der Waals surface area contributed by atoms with E-state index in [1.54, 1.807) is 7.11 Å². The van der Waals surface area contributed by atoms with Gasteiger partial charge in [0.2, 0.25) is 0 Å². The van der Waals surface area contributed by atoms with E-state index in [0.29, 0.717) is 25.2 Å². The number of nitrogens with zero attached hydrogens (tertiary/aromatic N) is 1. The summed E-state index contributed by atoms with van der Waals surface area (Å²) in [5.41, 5.74) is 0. The lowest BCUT2D eigenvalue weighted by Gasteiger charge is -2.34. The third kappa shape index (κ3) is 5.04. The van der Waals surface area contributed by atoms with Gasteiger partial charge in [-0.3, -0.25) is 4.79 Å². The van der Waals surface area contributed by atoms with Gasteiger partial charge in [-0.1, -0.05) is 0 Å². The minimum atomic E-state index is -0.0987. The number of carbonyl (C=O) groups is 1. The van der Waals surface area contributed by atoms with Gasteiger partial charge >= 0.3 is 5.97 Å². The van der Waals surface area contributed by atoms with Crippen molar-refractivity contribution in [1.29, 1.82) is 0 Å². The van der Waals surface area contributed by atoms with Crippen LogP contribution < -0.4 is 0 Å². The molecule has 0 heterocycles. The number of carbonyl (C=O) groups excluding carboxylic acids is 1. The molecule has 4 heteroatoms. The summed E-state index contributed by atoms with van der Waals surface area (Å²) in [5.74, 6) is -0.0987. The van der Waals surface area contributed by atoms with E-state index in [0.717, 1.165) is 13.0 Å². The zero-order valence-electron chi connectivity index (χ0n) is 11.3. The van der Waals surface area contributed by atoms with E-state index in [-0.39, 0.29) is 5.97 Å². The monoisotopic (exact) mass is 243 g/mol. The van der Waals surface area contributed by atoms with Crippen LogP contribution in [0, 0.1) is 0 Å². The first-order valence-corrected chi connectivity index (χ1v) is 6.56. The predicted octanol–water partition coefficient (Wildman–Crippen LogP) is 1.83. The summed E-state index contributed by atoms with van der Waals surface area (Å²) in [4.78, 5) is 13.5. The van der Waals surface area contributed by atoms with E-state index in [2.05, 4.69) is 11.9 Å². The number of methoxy groups -OCH3 is 1. The summed E-state index contributed by atoms with van der Waals surface area (Å²) in [5, 5.41) is 0. The lowest BCUT2D eigenvalue weighted by molar-refractivity contribution is -0.143. The Balaban J connectivity index is 2.26. The molecular weight excluding hydrogens is 218 g/mol. The Morgan fingerprint density at radius 1 is 1.41 bits per heavy atom. The van der Waals surface area contributed by atoms with Crippen LogP contribution >= 0.6 is 0 Å². The fourth-order valence-corrected chi connectivity index (χ4v) is 2.42. The van der Waals surface area contributed by atoms with E-state index < -0.39 is 0 Å². The molecular formula is C13H25NO3. The lowest BCUT2D eigenvalue weighted by atomic mass is 9.92. The van der Waals surface area contributed by atoms with Gasteiger partial charge in [-0.05, 0) is 39.7 Å². The molecule has 0 amide bonds. The molecule has 1 fully saturated rings. The van der Waals surface area contributed by atoms with Crippen molar-refractivity contribution in [3.05, 3.63) is 0 Å². The SMILES string of the molecule is CCOC(=O)CCN(C)C1CCCC(OC)C1. The van der Waals surface area contributed by atoms with Crippen molar-refractivity contribution in [2.24, 2.45) is 0 Å². The van der Waals surface area contributed by atoms with Crippen molar-refractivity contribution >= 4 is 5.97 Å². The molecule has 0 aromatic heterocycles. The van der Waals surface area contributed by atoms with Gasteiger partial charge < -0.3 is 14.4 Å². The maximum atomic E-state index is 11.3. The van der Waals surface area contributed by atoms with Crippen LogP contribution in [0.4, 0.5) is 0 Å². The van der Waals surface area contributed by atoms with Gasteiger partial charge in [0, 0.05) is 19.7 Å². The molecule has 0 aliphatic heterocycles. The van der Waals surface area contributed by atoms with Crippen LogP contribution in [-0.2, 0) is 14.3 Å². The molecule has 0 spiro atoms. The maximum Gasteiger partial charge on any atom is 0.307 e. The van der Waals surface area contributed by atoms with E-state index in [1.165, 1.54) is 19.3 Å². The quantitative estimate of drug-likeness (QED) is 0.667. The maximum absolute atomic E-state index is 11.3. The Hall–Kier alpha value is -0.610. The highest BCUT2D eigenvalue weighted by atomic mass is 16.5. The summed E-state index contributed by atoms with van der Waals surface area (Å²) in [6.45, 7) is 3.09. The number of hydrogen-bond acceptors (Lipinski definition) is 4.